The average Bonchev–Trinajstić information content (AvgIpc) is 3.20. The zero-order valence-corrected chi connectivity index (χ0v) is 20.3. The van der Waals surface area contributed by atoms with E-state index in [1.54, 1.807) is 9.80 Å². The number of hydrogen-bond acceptors (Lipinski definition) is 7. The number of halogens is 3. The van der Waals surface area contributed by atoms with Crippen LogP contribution in [-0.2, 0) is 10.9 Å². The summed E-state index contributed by atoms with van der Waals surface area (Å²) in [5, 5.41) is 3.85. The van der Waals surface area contributed by atoms with E-state index in [4.69, 9.17) is 4.74 Å². The van der Waals surface area contributed by atoms with Crippen LogP contribution in [-0.4, -0.2) is 85.7 Å². The quantitative estimate of drug-likeness (QED) is 0.695. The first-order chi connectivity index (χ1) is 16.0. The monoisotopic (exact) mass is 499 g/mol. The van der Waals surface area contributed by atoms with E-state index in [2.05, 4.69) is 15.2 Å². The van der Waals surface area contributed by atoms with E-state index in [1.807, 2.05) is 21.0 Å². The van der Waals surface area contributed by atoms with Gasteiger partial charge in [-0.3, -0.25) is 4.79 Å². The molecule has 186 valence electrons. The summed E-state index contributed by atoms with van der Waals surface area (Å²) in [6, 6.07) is 1.41. The lowest BCUT2D eigenvalue weighted by molar-refractivity contribution is -0.136. The number of pyridine rings is 1. The van der Waals surface area contributed by atoms with Crippen LogP contribution in [0.4, 0.5) is 23.8 Å². The van der Waals surface area contributed by atoms with Crippen LogP contribution in [0.5, 0.6) is 0 Å². The molecule has 4 heterocycles. The molecule has 0 aromatic carbocycles. The molecule has 2 atom stereocenters. The molecule has 0 bridgehead atoms. The number of likely N-dealkylation sites (tertiary alicyclic amines) is 1. The average molecular weight is 500 g/mol. The number of anilines is 1. The minimum Gasteiger partial charge on any atom is -0.446 e. The van der Waals surface area contributed by atoms with Crippen molar-refractivity contribution in [1.29, 1.82) is 0 Å². The number of piperidine rings is 1. The predicted octanol–water partition coefficient (Wildman–Crippen LogP) is 3.41. The number of aromatic nitrogens is 1. The summed E-state index contributed by atoms with van der Waals surface area (Å²) >= 11 is 0.859. The predicted molar refractivity (Wildman–Crippen MR) is 123 cm³/mol. The number of thiophene rings is 1. The molecule has 2 aromatic rings. The molecule has 8 nitrogen and oxygen atoms in total. The Bertz CT molecular complexity index is 1080. The van der Waals surface area contributed by atoms with Crippen LogP contribution in [0.2, 0.25) is 0 Å². The Kier molecular flexibility index (Phi) is 6.65. The number of fused-ring (bicyclic) bond motifs is 1. The number of nitrogens with zero attached hydrogens (tertiary/aromatic N) is 4. The van der Waals surface area contributed by atoms with Gasteiger partial charge in [0.05, 0.1) is 21.3 Å². The van der Waals surface area contributed by atoms with Crippen LogP contribution in [0.15, 0.2) is 11.4 Å². The van der Waals surface area contributed by atoms with Gasteiger partial charge in [-0.1, -0.05) is 0 Å². The van der Waals surface area contributed by atoms with Crippen molar-refractivity contribution in [2.24, 2.45) is 0 Å². The van der Waals surface area contributed by atoms with Crippen LogP contribution in [0, 0.1) is 0 Å². The summed E-state index contributed by atoms with van der Waals surface area (Å²) < 4.78 is 47.0. The zero-order valence-electron chi connectivity index (χ0n) is 19.5. The third-order valence-corrected chi connectivity index (χ3v) is 7.65. The van der Waals surface area contributed by atoms with Crippen LogP contribution in [0.1, 0.15) is 35.7 Å². The third-order valence-electron chi connectivity index (χ3n) is 6.65. The molecule has 2 amide bonds. The first-order valence-corrected chi connectivity index (χ1v) is 12.0. The molecular formula is C22H28F3N5O3S. The van der Waals surface area contributed by atoms with Crippen LogP contribution in [0.3, 0.4) is 0 Å². The van der Waals surface area contributed by atoms with Crippen LogP contribution >= 0.6 is 11.3 Å². The number of alkyl halides is 3. The molecule has 4 rings (SSSR count). The highest BCUT2D eigenvalue weighted by atomic mass is 32.1. The number of ether oxygens (including phenoxy) is 1. The second-order valence-electron chi connectivity index (χ2n) is 8.93. The maximum absolute atomic E-state index is 13.8. The molecule has 0 unspecified atom stereocenters. The van der Waals surface area contributed by atoms with Crippen molar-refractivity contribution in [2.45, 2.75) is 44.1 Å². The maximum atomic E-state index is 13.8. The van der Waals surface area contributed by atoms with E-state index in [-0.39, 0.29) is 39.8 Å². The van der Waals surface area contributed by atoms with Gasteiger partial charge < -0.3 is 24.8 Å². The molecule has 34 heavy (non-hydrogen) atoms. The van der Waals surface area contributed by atoms with Gasteiger partial charge in [0.2, 0.25) is 0 Å². The van der Waals surface area contributed by atoms with Crippen molar-refractivity contribution < 1.29 is 27.5 Å². The summed E-state index contributed by atoms with van der Waals surface area (Å²) in [5.41, 5.74) is -0.633. The minimum absolute atomic E-state index is 0.0462. The fourth-order valence-electron chi connectivity index (χ4n) is 4.50. The zero-order chi connectivity index (χ0) is 24.8. The van der Waals surface area contributed by atoms with E-state index in [1.165, 1.54) is 12.4 Å². The Hall–Kier alpha value is -2.60. The summed E-state index contributed by atoms with van der Waals surface area (Å²) in [7, 11) is 5.37. The van der Waals surface area contributed by atoms with Gasteiger partial charge in [-0.05, 0) is 27.1 Å². The van der Waals surface area contributed by atoms with Gasteiger partial charge in [0.1, 0.15) is 11.9 Å². The molecular weight excluding hydrogens is 471 g/mol. The van der Waals surface area contributed by atoms with Crippen molar-refractivity contribution in [3.63, 3.8) is 0 Å². The highest BCUT2D eigenvalue weighted by Gasteiger charge is 2.42. The molecule has 0 spiro atoms. The van der Waals surface area contributed by atoms with Crippen molar-refractivity contribution in [1.82, 2.24) is 20.1 Å². The molecule has 12 heteroatoms. The van der Waals surface area contributed by atoms with E-state index in [0.29, 0.717) is 38.5 Å². The first-order valence-electron chi connectivity index (χ1n) is 11.1. The van der Waals surface area contributed by atoms with Crippen molar-refractivity contribution in [3.8, 4) is 0 Å². The Labute approximate surface area is 199 Å². The molecule has 2 fully saturated rings. The number of hydrogen-bond donors (Lipinski definition) is 1. The van der Waals surface area contributed by atoms with Gasteiger partial charge in [0, 0.05) is 57.0 Å². The number of rotatable bonds is 4. The van der Waals surface area contributed by atoms with Gasteiger partial charge in [0.25, 0.3) is 5.91 Å². The van der Waals surface area contributed by atoms with Gasteiger partial charge in [-0.25, -0.2) is 9.78 Å². The summed E-state index contributed by atoms with van der Waals surface area (Å²) in [5.74, 6) is -0.315. The van der Waals surface area contributed by atoms with Gasteiger partial charge in [-0.2, -0.15) is 13.2 Å². The standard InChI is InChI=1S/C22H28F3N5O3S/c1-12-16(28(3)4)10-30(12)21(32)33-13-5-7-29(8-6-13)17-9-15(22(23,24)25)19-18(27-17)14(11-34-19)20(31)26-2/h9,11-13,16H,5-8,10H2,1-4H3,(H,26,31)/t12-,16+/m0/s1. The van der Waals surface area contributed by atoms with Crippen LogP contribution in [0.25, 0.3) is 10.2 Å². The first kappa shape index (κ1) is 24.5. The number of carbonyl (C=O) groups excluding carboxylic acids is 2. The van der Waals surface area contributed by atoms with E-state index >= 15 is 0 Å². The Morgan fingerprint density at radius 3 is 2.50 bits per heavy atom. The van der Waals surface area contributed by atoms with E-state index < -0.39 is 17.6 Å². The second kappa shape index (κ2) is 9.21. The lowest BCUT2D eigenvalue weighted by Gasteiger charge is -2.48. The van der Waals surface area contributed by atoms with E-state index in [9.17, 15) is 22.8 Å². The summed E-state index contributed by atoms with van der Waals surface area (Å²) in [6.45, 7) is 3.38. The lowest BCUT2D eigenvalue weighted by atomic mass is 9.98. The molecule has 2 aliphatic rings. The van der Waals surface area contributed by atoms with Crippen molar-refractivity contribution in [2.75, 3.05) is 45.7 Å². The minimum atomic E-state index is -4.58. The normalized spacial score (nSPS) is 21.6. The summed E-state index contributed by atoms with van der Waals surface area (Å²) in [6.07, 6.45) is -4.26. The molecule has 0 saturated carbocycles. The fraction of sp³-hybridized carbons (Fsp3) is 0.591. The fourth-order valence-corrected chi connectivity index (χ4v) is 5.53. The molecule has 2 aromatic heterocycles. The molecule has 2 saturated heterocycles. The third kappa shape index (κ3) is 4.52. The lowest BCUT2D eigenvalue weighted by Crippen LogP contribution is -2.65. The van der Waals surface area contributed by atoms with Gasteiger partial charge in [-0.15, -0.1) is 11.3 Å². The Morgan fingerprint density at radius 2 is 1.94 bits per heavy atom. The number of amides is 2. The smallest absolute Gasteiger partial charge is 0.417 e. The Morgan fingerprint density at radius 1 is 1.26 bits per heavy atom. The van der Waals surface area contributed by atoms with Crippen molar-refractivity contribution >= 4 is 39.4 Å². The molecule has 1 N–H and O–H groups in total. The SMILES string of the molecule is CNC(=O)c1csc2c(C(F)(F)F)cc(N3CCC(OC(=O)N4C[C@@H](N(C)C)[C@@H]4C)CC3)nc12. The van der Waals surface area contributed by atoms with Crippen molar-refractivity contribution in [3.05, 3.63) is 22.6 Å². The Balaban J connectivity index is 1.47. The number of carbonyl (C=O) groups is 2. The maximum Gasteiger partial charge on any atom is 0.417 e. The van der Waals surface area contributed by atoms with Gasteiger partial charge in [0.15, 0.2) is 0 Å². The largest absolute Gasteiger partial charge is 0.446 e. The van der Waals surface area contributed by atoms with Gasteiger partial charge >= 0.3 is 12.3 Å². The molecule has 0 radical (unpaired) electrons. The highest BCUT2D eigenvalue weighted by molar-refractivity contribution is 7.17. The number of nitrogens with one attached hydrogen (secondary N) is 1. The highest BCUT2D eigenvalue weighted by Crippen LogP contribution is 2.40. The number of likely N-dealkylation sites (N-methyl/N-ethyl adjacent to an activating group) is 1. The topological polar surface area (TPSA) is 78.0 Å². The molecule has 0 aliphatic carbocycles. The molecule has 2 aliphatic heterocycles. The van der Waals surface area contributed by atoms with E-state index in [0.717, 1.165) is 17.4 Å². The summed E-state index contributed by atoms with van der Waals surface area (Å²) in [4.78, 5) is 34.6. The second-order valence-corrected chi connectivity index (χ2v) is 9.81. The van der Waals surface area contributed by atoms with Crippen LogP contribution < -0.4 is 10.2 Å².